The molecule has 1 aromatic carbocycles. The lowest BCUT2D eigenvalue weighted by Crippen LogP contribution is -2.40. The van der Waals surface area contributed by atoms with E-state index in [-0.39, 0.29) is 11.8 Å². The maximum absolute atomic E-state index is 12.6. The Hall–Kier alpha value is -1.79. The molecule has 0 spiro atoms. The largest absolute Gasteiger partial charge is 0.338 e. The molecule has 0 unspecified atom stereocenters. The minimum absolute atomic E-state index is 0.0882. The molecule has 2 aliphatic rings. The number of fused-ring (bicyclic) bond motifs is 2. The van der Waals surface area contributed by atoms with E-state index >= 15 is 0 Å². The molecule has 2 amide bonds. The number of amides is 2. The van der Waals surface area contributed by atoms with Crippen molar-refractivity contribution in [3.05, 3.63) is 46.2 Å². The van der Waals surface area contributed by atoms with Gasteiger partial charge in [-0.1, -0.05) is 12.1 Å². The summed E-state index contributed by atoms with van der Waals surface area (Å²) in [4.78, 5) is 31.0. The third-order valence-corrected chi connectivity index (χ3v) is 6.59. The van der Waals surface area contributed by atoms with Crippen LogP contribution in [0.4, 0.5) is 5.69 Å². The molecule has 0 radical (unpaired) electrons. The van der Waals surface area contributed by atoms with Gasteiger partial charge < -0.3 is 9.80 Å². The first-order valence-electron chi connectivity index (χ1n) is 8.07. The van der Waals surface area contributed by atoms with Crippen LogP contribution in [0.25, 0.3) is 0 Å². The highest BCUT2D eigenvalue weighted by atomic mass is 32.2. The fraction of sp³-hybridized carbons (Fsp3) is 0.333. The van der Waals surface area contributed by atoms with Crippen LogP contribution >= 0.6 is 23.1 Å². The Morgan fingerprint density at radius 1 is 1.21 bits per heavy atom. The molecular formula is C18H18N2O2S2. The van der Waals surface area contributed by atoms with Crippen molar-refractivity contribution in [2.75, 3.05) is 23.7 Å². The number of benzene rings is 1. The zero-order valence-electron chi connectivity index (χ0n) is 13.2. The van der Waals surface area contributed by atoms with Crippen molar-refractivity contribution in [1.29, 1.82) is 0 Å². The van der Waals surface area contributed by atoms with Crippen LogP contribution in [0.5, 0.6) is 0 Å². The summed E-state index contributed by atoms with van der Waals surface area (Å²) in [5, 5.41) is 2.10. The van der Waals surface area contributed by atoms with Crippen LogP contribution in [-0.4, -0.2) is 35.6 Å². The molecule has 3 heterocycles. The third kappa shape index (κ3) is 2.96. The van der Waals surface area contributed by atoms with Crippen molar-refractivity contribution in [3.63, 3.8) is 0 Å². The minimum Gasteiger partial charge on any atom is -0.338 e. The van der Waals surface area contributed by atoms with Gasteiger partial charge >= 0.3 is 0 Å². The van der Waals surface area contributed by atoms with E-state index in [4.69, 9.17) is 0 Å². The first-order valence-corrected chi connectivity index (χ1v) is 9.94. The second-order valence-corrected chi connectivity index (χ2v) is 8.00. The highest BCUT2D eigenvalue weighted by Gasteiger charge is 2.26. The minimum atomic E-state index is 0.0882. The summed E-state index contributed by atoms with van der Waals surface area (Å²) in [5.41, 5.74) is 2.21. The first-order chi connectivity index (χ1) is 11.7. The van der Waals surface area contributed by atoms with Crippen molar-refractivity contribution in [2.45, 2.75) is 24.3 Å². The molecule has 2 aromatic rings. The SMILES string of the molecule is O=C(CCN1C(=O)CSc2ccccc21)N1CCc2sccc2C1. The Morgan fingerprint density at radius 2 is 2.08 bits per heavy atom. The van der Waals surface area contributed by atoms with E-state index < -0.39 is 0 Å². The molecule has 0 saturated heterocycles. The van der Waals surface area contributed by atoms with Gasteiger partial charge in [-0.15, -0.1) is 23.1 Å². The molecule has 0 fully saturated rings. The summed E-state index contributed by atoms with van der Waals surface area (Å²) in [6.07, 6.45) is 1.32. The topological polar surface area (TPSA) is 40.6 Å². The molecule has 0 saturated carbocycles. The number of nitrogens with zero attached hydrogens (tertiary/aromatic N) is 2. The monoisotopic (exact) mass is 358 g/mol. The maximum atomic E-state index is 12.6. The lowest BCUT2D eigenvalue weighted by molar-refractivity contribution is -0.131. The highest BCUT2D eigenvalue weighted by molar-refractivity contribution is 8.00. The average molecular weight is 358 g/mol. The molecule has 0 atom stereocenters. The number of carbonyl (C=O) groups excluding carboxylic acids is 2. The Kier molecular flexibility index (Phi) is 4.33. The molecular weight excluding hydrogens is 340 g/mol. The third-order valence-electron chi connectivity index (χ3n) is 4.52. The van der Waals surface area contributed by atoms with Gasteiger partial charge in [-0.05, 0) is 35.6 Å². The highest BCUT2D eigenvalue weighted by Crippen LogP contribution is 2.35. The van der Waals surface area contributed by atoms with Gasteiger partial charge in [0.15, 0.2) is 0 Å². The maximum Gasteiger partial charge on any atom is 0.237 e. The summed E-state index contributed by atoms with van der Waals surface area (Å²) in [7, 11) is 0. The van der Waals surface area contributed by atoms with Crippen molar-refractivity contribution < 1.29 is 9.59 Å². The number of anilines is 1. The molecule has 2 aliphatic heterocycles. The lowest BCUT2D eigenvalue weighted by atomic mass is 10.1. The van der Waals surface area contributed by atoms with Gasteiger partial charge in [0.25, 0.3) is 0 Å². The van der Waals surface area contributed by atoms with Crippen LogP contribution in [0, 0.1) is 0 Å². The van der Waals surface area contributed by atoms with Gasteiger partial charge in [0.2, 0.25) is 11.8 Å². The standard InChI is InChI=1S/C18H18N2O2S2/c21-17(19-8-5-15-13(11-19)7-10-23-15)6-9-20-14-3-1-2-4-16(14)24-12-18(20)22/h1-4,7,10H,5-6,8-9,11-12H2. The van der Waals surface area contributed by atoms with Crippen molar-refractivity contribution in [1.82, 2.24) is 4.90 Å². The average Bonchev–Trinajstić information content (AvgIpc) is 3.08. The van der Waals surface area contributed by atoms with E-state index in [0.29, 0.717) is 25.3 Å². The molecule has 0 bridgehead atoms. The number of hydrogen-bond donors (Lipinski definition) is 0. The summed E-state index contributed by atoms with van der Waals surface area (Å²) in [6, 6.07) is 10.0. The van der Waals surface area contributed by atoms with E-state index in [2.05, 4.69) is 11.4 Å². The van der Waals surface area contributed by atoms with E-state index in [0.717, 1.165) is 23.5 Å². The number of hydrogen-bond acceptors (Lipinski definition) is 4. The summed E-state index contributed by atoms with van der Waals surface area (Å²) in [5.74, 6) is 0.674. The molecule has 24 heavy (non-hydrogen) atoms. The molecule has 4 nitrogen and oxygen atoms in total. The van der Waals surface area contributed by atoms with E-state index in [1.165, 1.54) is 10.4 Å². The van der Waals surface area contributed by atoms with E-state index in [1.807, 2.05) is 29.2 Å². The van der Waals surface area contributed by atoms with Crippen molar-refractivity contribution in [2.24, 2.45) is 0 Å². The number of rotatable bonds is 3. The van der Waals surface area contributed by atoms with Gasteiger partial charge in [-0.3, -0.25) is 9.59 Å². The smallest absolute Gasteiger partial charge is 0.237 e. The second kappa shape index (κ2) is 6.61. The van der Waals surface area contributed by atoms with Crippen molar-refractivity contribution >= 4 is 40.6 Å². The Bertz CT molecular complexity index is 787. The summed E-state index contributed by atoms with van der Waals surface area (Å²) < 4.78 is 0. The van der Waals surface area contributed by atoms with Crippen LogP contribution in [-0.2, 0) is 22.6 Å². The molecule has 124 valence electrons. The van der Waals surface area contributed by atoms with E-state index in [1.54, 1.807) is 28.0 Å². The number of para-hydroxylation sites is 1. The second-order valence-electron chi connectivity index (χ2n) is 5.99. The fourth-order valence-electron chi connectivity index (χ4n) is 3.23. The van der Waals surface area contributed by atoms with Gasteiger partial charge in [0.05, 0.1) is 11.4 Å². The number of thiophene rings is 1. The fourth-order valence-corrected chi connectivity index (χ4v) is 5.05. The zero-order valence-corrected chi connectivity index (χ0v) is 14.9. The molecule has 0 N–H and O–H groups in total. The predicted octanol–water partition coefficient (Wildman–Crippen LogP) is 3.16. The van der Waals surface area contributed by atoms with E-state index in [9.17, 15) is 9.59 Å². The molecule has 6 heteroatoms. The van der Waals surface area contributed by atoms with Crippen LogP contribution < -0.4 is 4.90 Å². The molecule has 0 aliphatic carbocycles. The Labute approximate surface area is 149 Å². The van der Waals surface area contributed by atoms with Crippen LogP contribution in [0.2, 0.25) is 0 Å². The van der Waals surface area contributed by atoms with Crippen LogP contribution in [0.1, 0.15) is 16.9 Å². The number of thioether (sulfide) groups is 1. The normalized spacial score (nSPS) is 16.8. The Balaban J connectivity index is 1.42. The summed E-state index contributed by atoms with van der Waals surface area (Å²) >= 11 is 3.35. The zero-order chi connectivity index (χ0) is 16.5. The predicted molar refractivity (Wildman–Crippen MR) is 97.6 cm³/mol. The summed E-state index contributed by atoms with van der Waals surface area (Å²) in [6.45, 7) is 1.95. The van der Waals surface area contributed by atoms with Crippen LogP contribution in [0.15, 0.2) is 40.6 Å². The van der Waals surface area contributed by atoms with Gasteiger partial charge in [-0.25, -0.2) is 0 Å². The van der Waals surface area contributed by atoms with Crippen LogP contribution in [0.3, 0.4) is 0 Å². The van der Waals surface area contributed by atoms with Gasteiger partial charge in [0.1, 0.15) is 0 Å². The number of carbonyl (C=O) groups is 2. The molecule has 4 rings (SSSR count). The lowest BCUT2D eigenvalue weighted by Gasteiger charge is -2.31. The first kappa shape index (κ1) is 15.7. The Morgan fingerprint density at radius 3 is 3.00 bits per heavy atom. The van der Waals surface area contributed by atoms with Gasteiger partial charge in [0, 0.05) is 35.8 Å². The van der Waals surface area contributed by atoms with Crippen molar-refractivity contribution in [3.8, 4) is 0 Å². The van der Waals surface area contributed by atoms with Gasteiger partial charge in [-0.2, -0.15) is 0 Å². The quantitative estimate of drug-likeness (QED) is 0.846. The molecule has 1 aromatic heterocycles.